The van der Waals surface area contributed by atoms with Gasteiger partial charge < -0.3 is 19.7 Å². The summed E-state index contributed by atoms with van der Waals surface area (Å²) in [6.07, 6.45) is 6.99. The largest absolute Gasteiger partial charge is 0.490 e. The van der Waals surface area contributed by atoms with Crippen molar-refractivity contribution in [2.45, 2.75) is 58.8 Å². The molecule has 0 aliphatic carbocycles. The molecule has 4 nitrogen and oxygen atoms in total. The molecule has 188 valence electrons. The van der Waals surface area contributed by atoms with E-state index in [0.29, 0.717) is 37.6 Å². The van der Waals surface area contributed by atoms with Gasteiger partial charge in [-0.05, 0) is 64.8 Å². The van der Waals surface area contributed by atoms with Crippen molar-refractivity contribution < 1.29 is 19.7 Å². The molecular weight excluding hydrogens is 436 g/mol. The van der Waals surface area contributed by atoms with Crippen molar-refractivity contribution in [2.75, 3.05) is 26.4 Å². The standard InChI is InChI=1S/C31H40O4/c1-3-5-6-9-24-10-12-26(13-11-24)27-14-16-29(25(4-2)22-27)28-15-17-30(34-20-7-18-32)31(23-28)35-21-8-19-33/h10-17,22-23,32-33H,3-9,18-21H2,1-2H3. The first-order valence-corrected chi connectivity index (χ1v) is 13.0. The van der Waals surface area contributed by atoms with Gasteiger partial charge in [0, 0.05) is 26.1 Å². The van der Waals surface area contributed by atoms with Crippen LogP contribution in [0.4, 0.5) is 0 Å². The monoisotopic (exact) mass is 476 g/mol. The Morgan fingerprint density at radius 3 is 1.94 bits per heavy atom. The maximum absolute atomic E-state index is 9.13. The predicted octanol–water partition coefficient (Wildman–Crippen LogP) is 6.84. The number of unbranched alkanes of at least 4 members (excludes halogenated alkanes) is 2. The van der Waals surface area contributed by atoms with Gasteiger partial charge in [0.1, 0.15) is 0 Å². The maximum atomic E-state index is 9.13. The van der Waals surface area contributed by atoms with Crippen LogP contribution in [0.2, 0.25) is 0 Å². The molecule has 0 heterocycles. The van der Waals surface area contributed by atoms with Crippen molar-refractivity contribution in [1.29, 1.82) is 0 Å². The molecule has 0 aliphatic rings. The van der Waals surface area contributed by atoms with Gasteiger partial charge in [0.25, 0.3) is 0 Å². The molecule has 0 saturated carbocycles. The van der Waals surface area contributed by atoms with E-state index in [2.05, 4.69) is 62.4 Å². The van der Waals surface area contributed by atoms with Crippen LogP contribution < -0.4 is 9.47 Å². The molecule has 35 heavy (non-hydrogen) atoms. The number of benzene rings is 3. The molecule has 0 atom stereocenters. The number of rotatable bonds is 15. The van der Waals surface area contributed by atoms with Crippen molar-refractivity contribution in [2.24, 2.45) is 0 Å². The first kappa shape index (κ1) is 26.8. The summed E-state index contributed by atoms with van der Waals surface area (Å²) < 4.78 is 11.8. The third-order valence-corrected chi connectivity index (χ3v) is 6.22. The van der Waals surface area contributed by atoms with E-state index in [0.717, 1.165) is 18.4 Å². The molecule has 4 heteroatoms. The Labute approximate surface area is 210 Å². The van der Waals surface area contributed by atoms with Crippen LogP contribution in [0, 0.1) is 0 Å². The topological polar surface area (TPSA) is 58.9 Å². The van der Waals surface area contributed by atoms with Gasteiger partial charge >= 0.3 is 0 Å². The van der Waals surface area contributed by atoms with E-state index in [9.17, 15) is 0 Å². The highest BCUT2D eigenvalue weighted by Gasteiger charge is 2.12. The summed E-state index contributed by atoms with van der Waals surface area (Å²) >= 11 is 0. The molecule has 2 N–H and O–H groups in total. The smallest absolute Gasteiger partial charge is 0.161 e. The van der Waals surface area contributed by atoms with Gasteiger partial charge in [-0.1, -0.05) is 75.2 Å². The highest BCUT2D eigenvalue weighted by atomic mass is 16.5. The van der Waals surface area contributed by atoms with Crippen molar-refractivity contribution in [3.8, 4) is 33.8 Å². The van der Waals surface area contributed by atoms with Gasteiger partial charge in [-0.2, -0.15) is 0 Å². The zero-order valence-corrected chi connectivity index (χ0v) is 21.3. The number of hydrogen-bond donors (Lipinski definition) is 2. The minimum Gasteiger partial charge on any atom is -0.490 e. The second kappa shape index (κ2) is 14.6. The van der Waals surface area contributed by atoms with Crippen LogP contribution in [0.15, 0.2) is 60.7 Å². The van der Waals surface area contributed by atoms with Gasteiger partial charge in [-0.3, -0.25) is 0 Å². The molecule has 0 aromatic heterocycles. The summed E-state index contributed by atoms with van der Waals surface area (Å²) in [6.45, 7) is 5.45. The molecule has 3 aromatic rings. The Kier molecular flexibility index (Phi) is 11.1. The fraction of sp³-hybridized carbons (Fsp3) is 0.419. The lowest BCUT2D eigenvalue weighted by Gasteiger charge is -2.16. The number of aryl methyl sites for hydroxylation is 2. The van der Waals surface area contributed by atoms with E-state index >= 15 is 0 Å². The highest BCUT2D eigenvalue weighted by molar-refractivity contribution is 5.75. The van der Waals surface area contributed by atoms with Gasteiger partial charge in [0.2, 0.25) is 0 Å². The van der Waals surface area contributed by atoms with Gasteiger partial charge in [-0.25, -0.2) is 0 Å². The third-order valence-electron chi connectivity index (χ3n) is 6.22. The Hall–Kier alpha value is -2.82. The number of hydrogen-bond acceptors (Lipinski definition) is 4. The molecule has 0 radical (unpaired) electrons. The van der Waals surface area contributed by atoms with Crippen molar-refractivity contribution in [3.05, 3.63) is 71.8 Å². The quantitative estimate of drug-likeness (QED) is 0.236. The molecule has 0 fully saturated rings. The van der Waals surface area contributed by atoms with Gasteiger partial charge in [-0.15, -0.1) is 0 Å². The molecule has 0 saturated heterocycles. The van der Waals surface area contributed by atoms with Gasteiger partial charge in [0.15, 0.2) is 11.5 Å². The Morgan fingerprint density at radius 2 is 1.29 bits per heavy atom. The third kappa shape index (κ3) is 7.84. The van der Waals surface area contributed by atoms with Crippen LogP contribution in [0.5, 0.6) is 11.5 Å². The fourth-order valence-corrected chi connectivity index (χ4v) is 4.19. The predicted molar refractivity (Wildman–Crippen MR) is 144 cm³/mol. The molecule has 0 spiro atoms. The van der Waals surface area contributed by atoms with Crippen LogP contribution in [0.1, 0.15) is 57.1 Å². The summed E-state index contributed by atoms with van der Waals surface area (Å²) in [4.78, 5) is 0. The SMILES string of the molecule is CCCCCc1ccc(-c2ccc(-c3ccc(OCCCO)c(OCCCO)c3)c(CC)c2)cc1. The zero-order valence-electron chi connectivity index (χ0n) is 21.3. The van der Waals surface area contributed by atoms with E-state index in [-0.39, 0.29) is 13.2 Å². The second-order valence-electron chi connectivity index (χ2n) is 8.89. The number of aliphatic hydroxyl groups is 2. The number of aliphatic hydroxyl groups excluding tert-OH is 2. The molecular formula is C31H40O4. The van der Waals surface area contributed by atoms with E-state index in [4.69, 9.17) is 19.7 Å². The van der Waals surface area contributed by atoms with Crippen molar-refractivity contribution in [1.82, 2.24) is 0 Å². The van der Waals surface area contributed by atoms with E-state index in [1.807, 2.05) is 12.1 Å². The number of ether oxygens (including phenoxy) is 2. The Bertz CT molecular complexity index is 1030. The first-order valence-electron chi connectivity index (χ1n) is 13.0. The van der Waals surface area contributed by atoms with E-state index in [1.165, 1.54) is 47.1 Å². The summed E-state index contributed by atoms with van der Waals surface area (Å²) in [7, 11) is 0. The second-order valence-corrected chi connectivity index (χ2v) is 8.89. The molecule has 0 amide bonds. The minimum atomic E-state index is 0.0849. The molecule has 0 unspecified atom stereocenters. The van der Waals surface area contributed by atoms with Crippen LogP contribution in [-0.4, -0.2) is 36.6 Å². The normalized spacial score (nSPS) is 11.0. The fourth-order valence-electron chi connectivity index (χ4n) is 4.19. The summed E-state index contributed by atoms with van der Waals surface area (Å²) in [5.41, 5.74) is 7.42. The Morgan fingerprint density at radius 1 is 0.629 bits per heavy atom. The van der Waals surface area contributed by atoms with Crippen LogP contribution >= 0.6 is 0 Å². The Balaban J connectivity index is 1.84. The lowest BCUT2D eigenvalue weighted by Crippen LogP contribution is -2.05. The lowest BCUT2D eigenvalue weighted by atomic mass is 9.93. The van der Waals surface area contributed by atoms with Gasteiger partial charge in [0.05, 0.1) is 13.2 Å². The minimum absolute atomic E-state index is 0.0849. The molecule has 3 rings (SSSR count). The zero-order chi connectivity index (χ0) is 24.9. The average Bonchev–Trinajstić information content (AvgIpc) is 2.90. The van der Waals surface area contributed by atoms with Crippen molar-refractivity contribution in [3.63, 3.8) is 0 Å². The molecule has 3 aromatic carbocycles. The van der Waals surface area contributed by atoms with Crippen LogP contribution in [-0.2, 0) is 12.8 Å². The first-order chi connectivity index (χ1) is 17.2. The maximum Gasteiger partial charge on any atom is 0.161 e. The van der Waals surface area contributed by atoms with Crippen LogP contribution in [0.25, 0.3) is 22.3 Å². The lowest BCUT2D eigenvalue weighted by molar-refractivity contribution is 0.211. The van der Waals surface area contributed by atoms with Crippen molar-refractivity contribution >= 4 is 0 Å². The summed E-state index contributed by atoms with van der Waals surface area (Å²) in [5.74, 6) is 1.33. The average molecular weight is 477 g/mol. The molecule has 0 aliphatic heterocycles. The highest BCUT2D eigenvalue weighted by Crippen LogP contribution is 2.36. The van der Waals surface area contributed by atoms with E-state index < -0.39 is 0 Å². The summed E-state index contributed by atoms with van der Waals surface area (Å²) in [6, 6.07) is 21.7. The van der Waals surface area contributed by atoms with Crippen LogP contribution in [0.3, 0.4) is 0 Å². The summed E-state index contributed by atoms with van der Waals surface area (Å²) in [5, 5.41) is 18.2. The molecule has 0 bridgehead atoms. The van der Waals surface area contributed by atoms with E-state index in [1.54, 1.807) is 0 Å².